The summed E-state index contributed by atoms with van der Waals surface area (Å²) in [5, 5.41) is 1.31. The molecule has 0 saturated carbocycles. The van der Waals surface area contributed by atoms with E-state index in [4.69, 9.17) is 11.6 Å². The first-order valence-corrected chi connectivity index (χ1v) is 9.81. The molecule has 1 N–H and O–H groups in total. The maximum atomic E-state index is 13.3. The van der Waals surface area contributed by atoms with Crippen LogP contribution in [0.3, 0.4) is 0 Å². The van der Waals surface area contributed by atoms with Crippen molar-refractivity contribution in [2.45, 2.75) is 5.37 Å². The molecule has 2 aromatic carbocycles. The molecule has 0 aliphatic carbocycles. The first kappa shape index (κ1) is 19.4. The maximum absolute atomic E-state index is 13.3. The molecule has 1 atom stereocenters. The molecule has 2 heterocycles. The van der Waals surface area contributed by atoms with Gasteiger partial charge in [0.1, 0.15) is 5.82 Å². The summed E-state index contributed by atoms with van der Waals surface area (Å²) < 4.78 is 13.3. The van der Waals surface area contributed by atoms with Gasteiger partial charge >= 0.3 is 0 Å². The van der Waals surface area contributed by atoms with Crippen molar-refractivity contribution in [3.05, 3.63) is 64.4 Å². The number of carbonyl (C=O) groups is 4. The van der Waals surface area contributed by atoms with Crippen LogP contribution >= 0.6 is 23.4 Å². The van der Waals surface area contributed by atoms with Crippen molar-refractivity contribution in [3.63, 3.8) is 0 Å². The van der Waals surface area contributed by atoms with Gasteiger partial charge in [0.2, 0.25) is 0 Å². The van der Waals surface area contributed by atoms with E-state index in [1.54, 1.807) is 24.3 Å². The number of carbonyl (C=O) groups excluding carboxylic acids is 4. The van der Waals surface area contributed by atoms with Gasteiger partial charge in [0, 0.05) is 18.8 Å². The number of anilines is 1. The molecule has 2 aromatic rings. The molecule has 0 aromatic heterocycles. The minimum absolute atomic E-state index is 0.0977. The van der Waals surface area contributed by atoms with E-state index >= 15 is 0 Å². The molecule has 4 amide bonds. The summed E-state index contributed by atoms with van der Waals surface area (Å²) in [7, 11) is 0. The summed E-state index contributed by atoms with van der Waals surface area (Å²) >= 11 is 6.49. The lowest BCUT2D eigenvalue weighted by molar-refractivity contribution is -0.126. The zero-order valence-electron chi connectivity index (χ0n) is 14.7. The van der Waals surface area contributed by atoms with Gasteiger partial charge in [0.15, 0.2) is 5.37 Å². The van der Waals surface area contributed by atoms with Crippen LogP contribution in [0, 0.1) is 5.82 Å². The van der Waals surface area contributed by atoms with Crippen LogP contribution in [0.15, 0.2) is 42.5 Å². The summed E-state index contributed by atoms with van der Waals surface area (Å²) in [4.78, 5) is 51.6. The van der Waals surface area contributed by atoms with Gasteiger partial charge in [0.25, 0.3) is 23.0 Å². The molecule has 148 valence electrons. The quantitative estimate of drug-likeness (QED) is 0.729. The predicted molar refractivity (Wildman–Crippen MR) is 105 cm³/mol. The van der Waals surface area contributed by atoms with Crippen molar-refractivity contribution < 1.29 is 23.6 Å². The number of fused-ring (bicyclic) bond motifs is 1. The minimum atomic E-state index is -0.911. The maximum Gasteiger partial charge on any atom is 0.290 e. The Bertz CT molecular complexity index is 1030. The summed E-state index contributed by atoms with van der Waals surface area (Å²) in [6.07, 6.45) is 0. The monoisotopic (exact) mass is 433 g/mol. The van der Waals surface area contributed by atoms with Gasteiger partial charge in [-0.25, -0.2) is 4.39 Å². The molecule has 1 saturated heterocycles. The summed E-state index contributed by atoms with van der Waals surface area (Å²) in [6, 6.07) is 10.3. The zero-order chi connectivity index (χ0) is 20.7. The topological polar surface area (TPSA) is 86.8 Å². The molecule has 7 nitrogen and oxygen atoms in total. The van der Waals surface area contributed by atoms with E-state index < -0.39 is 34.2 Å². The number of nitrogens with one attached hydrogen (secondary N) is 1. The number of thioether (sulfide) groups is 1. The molecule has 1 fully saturated rings. The van der Waals surface area contributed by atoms with Crippen LogP contribution in [0.1, 0.15) is 20.7 Å². The third kappa shape index (κ3) is 3.47. The standard InChI is InChI=1S/C19H13ClFN3O4S/c20-13-9-10(5-6-14(13)21)22-15-18(27)24(19(28)29-15)8-7-23-16(25)11-3-1-2-4-12(11)17(23)26/h1-6,9,15,22H,7-8H2/t15-/m0/s1. The van der Waals surface area contributed by atoms with Crippen LogP contribution in [-0.2, 0) is 4.79 Å². The highest BCUT2D eigenvalue weighted by atomic mass is 35.5. The van der Waals surface area contributed by atoms with Crippen molar-refractivity contribution in [2.24, 2.45) is 0 Å². The Hall–Kier alpha value is -2.91. The van der Waals surface area contributed by atoms with Crippen molar-refractivity contribution in [2.75, 3.05) is 18.4 Å². The first-order valence-electron chi connectivity index (χ1n) is 8.55. The normalized spacial score (nSPS) is 18.6. The number of rotatable bonds is 5. The molecule has 10 heteroatoms. The third-order valence-corrected chi connectivity index (χ3v) is 5.84. The average Bonchev–Trinajstić information content (AvgIpc) is 3.10. The van der Waals surface area contributed by atoms with Gasteiger partial charge in [-0.05, 0) is 42.1 Å². The molecule has 0 spiro atoms. The number of benzene rings is 2. The summed E-state index contributed by atoms with van der Waals surface area (Å²) in [5.41, 5.74) is 0.995. The fraction of sp³-hybridized carbons (Fsp3) is 0.158. The van der Waals surface area contributed by atoms with Crippen LogP contribution in [0.25, 0.3) is 0 Å². The van der Waals surface area contributed by atoms with Gasteiger partial charge in [0.05, 0.1) is 16.1 Å². The number of nitrogens with zero attached hydrogens (tertiary/aromatic N) is 2. The molecule has 0 bridgehead atoms. The van der Waals surface area contributed by atoms with E-state index in [-0.39, 0.29) is 18.1 Å². The minimum Gasteiger partial charge on any atom is -0.365 e. The first-order chi connectivity index (χ1) is 13.9. The Kier molecular flexibility index (Phi) is 5.01. The Labute approximate surface area is 173 Å². The second-order valence-electron chi connectivity index (χ2n) is 6.33. The lowest BCUT2D eigenvalue weighted by atomic mass is 10.1. The van der Waals surface area contributed by atoms with E-state index in [1.165, 1.54) is 12.1 Å². The predicted octanol–water partition coefficient (Wildman–Crippen LogP) is 3.21. The fourth-order valence-corrected chi connectivity index (χ4v) is 4.23. The largest absolute Gasteiger partial charge is 0.365 e. The van der Waals surface area contributed by atoms with E-state index in [9.17, 15) is 23.6 Å². The third-order valence-electron chi connectivity index (χ3n) is 4.57. The summed E-state index contributed by atoms with van der Waals surface area (Å²) in [5.74, 6) is -2.01. The highest BCUT2D eigenvalue weighted by Gasteiger charge is 2.41. The Morgan fingerprint density at radius 3 is 2.21 bits per heavy atom. The van der Waals surface area contributed by atoms with Gasteiger partial charge in [-0.15, -0.1) is 0 Å². The van der Waals surface area contributed by atoms with Crippen LogP contribution < -0.4 is 5.32 Å². The van der Waals surface area contributed by atoms with Gasteiger partial charge in [-0.2, -0.15) is 0 Å². The highest BCUT2D eigenvalue weighted by Crippen LogP contribution is 2.30. The highest BCUT2D eigenvalue weighted by molar-refractivity contribution is 8.15. The smallest absolute Gasteiger partial charge is 0.290 e. The van der Waals surface area contributed by atoms with Crippen LogP contribution in [-0.4, -0.2) is 51.2 Å². The number of halogens is 2. The van der Waals surface area contributed by atoms with Crippen LogP contribution in [0.2, 0.25) is 5.02 Å². The molecule has 4 rings (SSSR count). The van der Waals surface area contributed by atoms with Crippen molar-refractivity contribution in [3.8, 4) is 0 Å². The van der Waals surface area contributed by atoms with Crippen molar-refractivity contribution >= 4 is 52.0 Å². The molecule has 29 heavy (non-hydrogen) atoms. The molecule has 0 unspecified atom stereocenters. The van der Waals surface area contributed by atoms with Gasteiger partial charge < -0.3 is 5.32 Å². The SMILES string of the molecule is O=C1S[C@H](Nc2ccc(F)c(Cl)c2)C(=O)N1CCN1C(=O)c2ccccc2C1=O. The van der Waals surface area contributed by atoms with E-state index in [2.05, 4.69) is 5.32 Å². The van der Waals surface area contributed by atoms with Crippen molar-refractivity contribution in [1.29, 1.82) is 0 Å². The van der Waals surface area contributed by atoms with E-state index in [1.807, 2.05) is 0 Å². The number of amides is 4. The molecular weight excluding hydrogens is 421 g/mol. The van der Waals surface area contributed by atoms with E-state index in [0.717, 1.165) is 27.6 Å². The van der Waals surface area contributed by atoms with Gasteiger partial charge in [-0.3, -0.25) is 29.0 Å². The Balaban J connectivity index is 1.42. The number of imide groups is 2. The molecule has 0 radical (unpaired) electrons. The fourth-order valence-electron chi connectivity index (χ4n) is 3.12. The lowest BCUT2D eigenvalue weighted by Gasteiger charge is -2.19. The van der Waals surface area contributed by atoms with Crippen LogP contribution in [0.4, 0.5) is 14.9 Å². The van der Waals surface area contributed by atoms with Crippen LogP contribution in [0.5, 0.6) is 0 Å². The van der Waals surface area contributed by atoms with E-state index in [0.29, 0.717) is 16.8 Å². The van der Waals surface area contributed by atoms with Crippen molar-refractivity contribution in [1.82, 2.24) is 9.80 Å². The lowest BCUT2D eigenvalue weighted by Crippen LogP contribution is -2.41. The second kappa shape index (κ2) is 7.49. The average molecular weight is 434 g/mol. The molecule has 2 aliphatic heterocycles. The zero-order valence-corrected chi connectivity index (χ0v) is 16.3. The number of hydrogen-bond donors (Lipinski definition) is 1. The summed E-state index contributed by atoms with van der Waals surface area (Å²) in [6.45, 7) is -0.210. The second-order valence-corrected chi connectivity index (χ2v) is 7.80. The Morgan fingerprint density at radius 1 is 0.966 bits per heavy atom. The van der Waals surface area contributed by atoms with Gasteiger partial charge in [-0.1, -0.05) is 23.7 Å². The molecule has 2 aliphatic rings. The number of hydrogen-bond acceptors (Lipinski definition) is 6. The Morgan fingerprint density at radius 2 is 1.59 bits per heavy atom. The molecular formula is C19H13ClFN3O4S.